The summed E-state index contributed by atoms with van der Waals surface area (Å²) in [6, 6.07) is 25.5. The zero-order valence-electron chi connectivity index (χ0n) is 22.0. The van der Waals surface area contributed by atoms with Gasteiger partial charge in [-0.05, 0) is 103 Å². The largest absolute Gasteiger partial charge is 0.494 e. The van der Waals surface area contributed by atoms with Gasteiger partial charge in [-0.3, -0.25) is 9.69 Å². The van der Waals surface area contributed by atoms with Gasteiger partial charge in [-0.1, -0.05) is 30.3 Å². The zero-order valence-corrected chi connectivity index (χ0v) is 22.8. The summed E-state index contributed by atoms with van der Waals surface area (Å²) in [5.74, 6) is 1.54. The van der Waals surface area contributed by atoms with E-state index < -0.39 is 0 Å². The molecule has 1 saturated heterocycles. The molecule has 198 valence electrons. The van der Waals surface area contributed by atoms with Crippen LogP contribution in [-0.2, 0) is 16.0 Å². The molecule has 38 heavy (non-hydrogen) atoms. The van der Waals surface area contributed by atoms with Crippen molar-refractivity contribution in [3.05, 3.63) is 83.9 Å². The molecule has 0 saturated carbocycles. The Morgan fingerprint density at radius 3 is 2.29 bits per heavy atom. The van der Waals surface area contributed by atoms with Crippen molar-refractivity contribution in [1.29, 1.82) is 0 Å². The fourth-order valence-corrected chi connectivity index (χ4v) is 6.15. The molecule has 0 aliphatic carbocycles. The predicted molar refractivity (Wildman–Crippen MR) is 154 cm³/mol. The fourth-order valence-electron chi connectivity index (χ4n) is 4.93. The van der Waals surface area contributed by atoms with Crippen LogP contribution in [0.4, 0.5) is 0 Å². The maximum Gasteiger partial charge on any atom is 0.305 e. The molecule has 0 radical (unpaired) electrons. The first-order chi connectivity index (χ1) is 18.7. The third kappa shape index (κ3) is 6.74. The molecule has 2 heterocycles. The van der Waals surface area contributed by atoms with Gasteiger partial charge in [-0.25, -0.2) is 0 Å². The van der Waals surface area contributed by atoms with E-state index in [2.05, 4.69) is 70.3 Å². The third-order valence-corrected chi connectivity index (χ3v) is 8.28. The number of carbonyl (C=O) groups excluding carboxylic acids is 1. The first kappa shape index (κ1) is 26.3. The monoisotopic (exact) mass is 529 g/mol. The molecular formula is C32H35NO4S. The lowest BCUT2D eigenvalue weighted by atomic mass is 9.99. The van der Waals surface area contributed by atoms with Gasteiger partial charge in [-0.15, -0.1) is 11.3 Å². The summed E-state index contributed by atoms with van der Waals surface area (Å²) in [7, 11) is 1.41. The number of carbonyl (C=O) groups is 1. The van der Waals surface area contributed by atoms with Gasteiger partial charge >= 0.3 is 5.97 Å². The number of hydrogen-bond donors (Lipinski definition) is 0. The number of rotatable bonds is 12. The van der Waals surface area contributed by atoms with E-state index in [4.69, 9.17) is 9.47 Å². The number of nitrogens with zero attached hydrogens (tertiary/aromatic N) is 1. The minimum absolute atomic E-state index is 0.207. The summed E-state index contributed by atoms with van der Waals surface area (Å²) in [5.41, 5.74) is 3.80. The maximum atomic E-state index is 11.3. The summed E-state index contributed by atoms with van der Waals surface area (Å²) < 4.78 is 17.8. The van der Waals surface area contributed by atoms with E-state index >= 15 is 0 Å². The first-order valence-electron chi connectivity index (χ1n) is 13.4. The summed E-state index contributed by atoms with van der Waals surface area (Å²) >= 11 is 1.83. The lowest BCUT2D eigenvalue weighted by molar-refractivity contribution is -0.140. The smallest absolute Gasteiger partial charge is 0.305 e. The normalized spacial score (nSPS) is 13.6. The molecular weight excluding hydrogens is 494 g/mol. The number of likely N-dealkylation sites (tertiary alicyclic amines) is 1. The van der Waals surface area contributed by atoms with Crippen molar-refractivity contribution >= 4 is 27.4 Å². The highest BCUT2D eigenvalue weighted by Crippen LogP contribution is 2.40. The van der Waals surface area contributed by atoms with Crippen molar-refractivity contribution in [3.63, 3.8) is 0 Å². The second kappa shape index (κ2) is 12.9. The Kier molecular flexibility index (Phi) is 8.94. The Morgan fingerprint density at radius 2 is 1.55 bits per heavy atom. The van der Waals surface area contributed by atoms with E-state index in [1.54, 1.807) is 0 Å². The molecule has 1 aliphatic heterocycles. The molecule has 0 N–H and O–H groups in total. The SMILES string of the molecule is COC(=O)CCCOc1ccc(-c2sc3ccccc3c2Cc2ccc(OCCN3CCCC3)cc2)cc1. The molecule has 0 amide bonds. The maximum absolute atomic E-state index is 11.3. The Morgan fingerprint density at radius 1 is 0.868 bits per heavy atom. The van der Waals surface area contributed by atoms with Crippen LogP contribution in [0.2, 0.25) is 0 Å². The van der Waals surface area contributed by atoms with Gasteiger partial charge in [0.2, 0.25) is 0 Å². The van der Waals surface area contributed by atoms with E-state index in [1.807, 2.05) is 23.5 Å². The lowest BCUT2D eigenvalue weighted by Gasteiger charge is -2.15. The lowest BCUT2D eigenvalue weighted by Crippen LogP contribution is -2.25. The second-order valence-electron chi connectivity index (χ2n) is 9.68. The predicted octanol–water partition coefficient (Wildman–Crippen LogP) is 6.97. The van der Waals surface area contributed by atoms with Crippen molar-refractivity contribution in [2.24, 2.45) is 0 Å². The Labute approximate surface area is 229 Å². The van der Waals surface area contributed by atoms with Crippen molar-refractivity contribution in [2.75, 3.05) is 40.0 Å². The van der Waals surface area contributed by atoms with Crippen molar-refractivity contribution < 1.29 is 19.0 Å². The van der Waals surface area contributed by atoms with E-state index in [0.29, 0.717) is 19.4 Å². The highest BCUT2D eigenvalue weighted by Gasteiger charge is 2.15. The standard InChI is InChI=1S/C32H35NO4S/c1-35-31(34)9-6-21-36-27-16-12-25(13-17-27)32-29(28-7-2-3-8-30(28)38-32)23-24-10-14-26(15-11-24)37-22-20-33-18-4-5-19-33/h2-3,7-8,10-17H,4-6,9,18-23H2,1H3. The van der Waals surface area contributed by atoms with Gasteiger partial charge in [0.1, 0.15) is 18.1 Å². The molecule has 1 fully saturated rings. The van der Waals surface area contributed by atoms with Crippen molar-refractivity contribution in [1.82, 2.24) is 4.90 Å². The highest BCUT2D eigenvalue weighted by molar-refractivity contribution is 7.22. The Hall–Kier alpha value is -3.35. The Bertz CT molecular complexity index is 1320. The fraction of sp³-hybridized carbons (Fsp3) is 0.344. The van der Waals surface area contributed by atoms with Crippen LogP contribution in [0.3, 0.4) is 0 Å². The first-order valence-corrected chi connectivity index (χ1v) is 14.3. The van der Waals surface area contributed by atoms with Crippen LogP contribution in [-0.4, -0.2) is 50.8 Å². The number of ether oxygens (including phenoxy) is 3. The zero-order chi connectivity index (χ0) is 26.2. The number of thiophene rings is 1. The van der Waals surface area contributed by atoms with Gasteiger partial charge in [0, 0.05) is 22.5 Å². The topological polar surface area (TPSA) is 48.0 Å². The molecule has 5 nitrogen and oxygen atoms in total. The molecule has 0 atom stereocenters. The highest BCUT2D eigenvalue weighted by atomic mass is 32.1. The van der Waals surface area contributed by atoms with Gasteiger partial charge < -0.3 is 14.2 Å². The number of hydrogen-bond acceptors (Lipinski definition) is 6. The average Bonchev–Trinajstić information content (AvgIpc) is 3.61. The molecule has 6 heteroatoms. The number of methoxy groups -OCH3 is 1. The van der Waals surface area contributed by atoms with Crippen LogP contribution in [0.1, 0.15) is 36.8 Å². The number of esters is 1. The average molecular weight is 530 g/mol. The second-order valence-corrected chi connectivity index (χ2v) is 10.7. The van der Waals surface area contributed by atoms with Gasteiger partial charge in [0.05, 0.1) is 13.7 Å². The molecule has 0 bridgehead atoms. The van der Waals surface area contributed by atoms with Gasteiger partial charge in [0.15, 0.2) is 0 Å². The summed E-state index contributed by atoms with van der Waals surface area (Å²) in [5, 5.41) is 1.31. The molecule has 1 aromatic heterocycles. The minimum atomic E-state index is -0.207. The van der Waals surface area contributed by atoms with Crippen LogP contribution in [0.25, 0.3) is 20.5 Å². The van der Waals surface area contributed by atoms with Crippen LogP contribution < -0.4 is 9.47 Å². The molecule has 3 aromatic carbocycles. The number of fused-ring (bicyclic) bond motifs is 1. The van der Waals surface area contributed by atoms with E-state index in [9.17, 15) is 4.79 Å². The summed E-state index contributed by atoms with van der Waals surface area (Å²) in [4.78, 5) is 15.0. The van der Waals surface area contributed by atoms with Crippen LogP contribution in [0, 0.1) is 0 Å². The molecule has 1 aliphatic rings. The minimum Gasteiger partial charge on any atom is -0.494 e. The van der Waals surface area contributed by atoms with Gasteiger partial charge in [0.25, 0.3) is 0 Å². The quantitative estimate of drug-likeness (QED) is 0.147. The van der Waals surface area contributed by atoms with E-state index in [0.717, 1.165) is 31.1 Å². The van der Waals surface area contributed by atoms with Crippen molar-refractivity contribution in [2.45, 2.75) is 32.1 Å². The van der Waals surface area contributed by atoms with E-state index in [1.165, 1.54) is 64.7 Å². The Balaban J connectivity index is 1.26. The summed E-state index contributed by atoms with van der Waals surface area (Å²) in [6.45, 7) is 4.63. The molecule has 0 spiro atoms. The van der Waals surface area contributed by atoms with Crippen molar-refractivity contribution in [3.8, 4) is 21.9 Å². The van der Waals surface area contributed by atoms with Gasteiger partial charge in [-0.2, -0.15) is 0 Å². The number of benzene rings is 3. The van der Waals surface area contributed by atoms with E-state index in [-0.39, 0.29) is 5.97 Å². The molecule has 0 unspecified atom stereocenters. The molecule has 5 rings (SSSR count). The summed E-state index contributed by atoms with van der Waals surface area (Å²) in [6.07, 6.45) is 4.48. The van der Waals surface area contributed by atoms with Crippen LogP contribution in [0.5, 0.6) is 11.5 Å². The molecule has 4 aromatic rings. The van der Waals surface area contributed by atoms with Crippen LogP contribution in [0.15, 0.2) is 72.8 Å². The van der Waals surface area contributed by atoms with Crippen LogP contribution >= 0.6 is 11.3 Å². The third-order valence-electron chi connectivity index (χ3n) is 7.02.